The molecule has 0 amide bonds. The van der Waals surface area contributed by atoms with Gasteiger partial charge in [0.1, 0.15) is 19.6 Å². The summed E-state index contributed by atoms with van der Waals surface area (Å²) >= 11 is 0. The van der Waals surface area contributed by atoms with Gasteiger partial charge in [-0.2, -0.15) is 0 Å². The molecule has 4 heteroatoms. The van der Waals surface area contributed by atoms with Crippen molar-refractivity contribution in [1.82, 2.24) is 4.98 Å². The Morgan fingerprint density at radius 2 is 1.25 bits per heavy atom. The number of benzene rings is 1. The molecular weight excluding hydrogens is 536 g/mol. The van der Waals surface area contributed by atoms with Crippen molar-refractivity contribution in [2.24, 2.45) is 0 Å². The lowest BCUT2D eigenvalue weighted by atomic mass is 10.0. The molecule has 44 heavy (non-hydrogen) atoms. The lowest BCUT2D eigenvalue weighted by Crippen LogP contribution is -2.44. The molecule has 4 aromatic rings. The van der Waals surface area contributed by atoms with E-state index in [1.54, 1.807) is 0 Å². The molecule has 228 valence electrons. The first kappa shape index (κ1) is 31.5. The lowest BCUT2D eigenvalue weighted by Gasteiger charge is -2.36. The van der Waals surface area contributed by atoms with Gasteiger partial charge in [-0.25, -0.2) is 9.13 Å². The summed E-state index contributed by atoms with van der Waals surface area (Å²) < 4.78 is 5.57. The predicted molar refractivity (Wildman–Crippen MR) is 181 cm³/mol. The zero-order valence-corrected chi connectivity index (χ0v) is 27.0. The zero-order valence-electron chi connectivity index (χ0n) is 27.0. The number of rotatable bonds is 16. The van der Waals surface area contributed by atoms with Gasteiger partial charge in [-0.05, 0) is 65.8 Å². The van der Waals surface area contributed by atoms with Gasteiger partial charge >= 0.3 is 0 Å². The van der Waals surface area contributed by atoms with Crippen LogP contribution in [0.2, 0.25) is 0 Å². The summed E-state index contributed by atoms with van der Waals surface area (Å²) in [4.78, 5) is 4.19. The highest BCUT2D eigenvalue weighted by Gasteiger charge is 2.27. The largest absolute Gasteiger partial charge is 0.290 e. The second-order valence-electron chi connectivity index (χ2n) is 12.5. The number of hydrogen-bond acceptors (Lipinski definition) is 1. The summed E-state index contributed by atoms with van der Waals surface area (Å²) in [6, 6.07) is 22.5. The summed E-state index contributed by atoms with van der Waals surface area (Å²) in [6.45, 7) is 9.78. The van der Waals surface area contributed by atoms with E-state index in [0.717, 1.165) is 30.7 Å². The van der Waals surface area contributed by atoms with Crippen LogP contribution >= 0.6 is 0 Å². The van der Waals surface area contributed by atoms with Crippen molar-refractivity contribution in [3.8, 4) is 11.1 Å². The number of quaternary nitrogens is 1. The fraction of sp³-hybridized carbons (Fsp3) is 0.375. The van der Waals surface area contributed by atoms with Crippen molar-refractivity contribution in [1.29, 1.82) is 0 Å². The van der Waals surface area contributed by atoms with Crippen molar-refractivity contribution < 1.29 is 13.6 Å². The molecule has 1 aliphatic heterocycles. The van der Waals surface area contributed by atoms with E-state index in [4.69, 9.17) is 0 Å². The first-order chi connectivity index (χ1) is 21.7. The molecule has 0 aliphatic carbocycles. The molecule has 0 radical (unpaired) electrons. The van der Waals surface area contributed by atoms with E-state index in [1.165, 1.54) is 91.3 Å². The van der Waals surface area contributed by atoms with Crippen LogP contribution < -0.4 is 9.13 Å². The Kier molecular flexibility index (Phi) is 11.7. The van der Waals surface area contributed by atoms with E-state index in [1.807, 2.05) is 12.4 Å². The third-order valence-corrected chi connectivity index (χ3v) is 8.99. The van der Waals surface area contributed by atoms with Crippen LogP contribution in [0.3, 0.4) is 0 Å². The molecule has 3 aromatic heterocycles. The quantitative estimate of drug-likeness (QED) is 0.0732. The predicted octanol–water partition coefficient (Wildman–Crippen LogP) is 8.46. The molecule has 1 unspecified atom stereocenters. The van der Waals surface area contributed by atoms with Crippen molar-refractivity contribution in [2.75, 3.05) is 13.1 Å². The van der Waals surface area contributed by atoms with Gasteiger partial charge in [0.05, 0.1) is 12.7 Å². The molecule has 0 spiro atoms. The van der Waals surface area contributed by atoms with Crippen LogP contribution in [0.25, 0.3) is 16.7 Å². The molecule has 0 fully saturated rings. The van der Waals surface area contributed by atoms with E-state index >= 15 is 0 Å². The second kappa shape index (κ2) is 16.3. The van der Waals surface area contributed by atoms with E-state index in [0.29, 0.717) is 0 Å². The van der Waals surface area contributed by atoms with E-state index in [9.17, 15) is 0 Å². The molecule has 1 aromatic carbocycles. The van der Waals surface area contributed by atoms with Gasteiger partial charge in [0.2, 0.25) is 0 Å². The van der Waals surface area contributed by atoms with Gasteiger partial charge in [0.15, 0.2) is 31.3 Å². The molecule has 0 saturated carbocycles. The number of unbranched alkanes of at least 4 members (excludes halogenated alkanes) is 6. The molecule has 1 aliphatic rings. The van der Waals surface area contributed by atoms with Crippen LogP contribution in [0.4, 0.5) is 0 Å². The van der Waals surface area contributed by atoms with Gasteiger partial charge in [-0.3, -0.25) is 9.47 Å². The Balaban J connectivity index is 1.18. The standard InChI is InChI=1S/C40H51N4/c1-3-5-7-9-25-42-26-17-38(18-27-42)39-19-28-43(29-20-39)33-35-11-13-36(14-12-35)34-44(30-10-8-6-4-2)31-21-40(22-32-44)37-15-23-41-24-16-37/h11-24,26-29,31H,3-10,25,30,32-34H2,1-2H3/q+3. The number of aryl methyl sites for hydroxylation is 1. The van der Waals surface area contributed by atoms with Crippen molar-refractivity contribution in [3.63, 3.8) is 0 Å². The average molecular weight is 588 g/mol. The monoisotopic (exact) mass is 587 g/mol. The summed E-state index contributed by atoms with van der Waals surface area (Å²) in [5.74, 6) is 0. The number of pyridine rings is 3. The molecule has 5 rings (SSSR count). The minimum Gasteiger partial charge on any atom is -0.290 e. The van der Waals surface area contributed by atoms with Gasteiger partial charge in [-0.1, -0.05) is 63.8 Å². The minimum atomic E-state index is 0.877. The molecule has 1 atom stereocenters. The SMILES string of the molecule is CCCCCC[n+]1ccc(-c2cc[n+](Cc3ccc(C[N+]4(CCCCCC)C=CC(c5ccncc5)=CC4)cc3)cc2)cc1. The third kappa shape index (κ3) is 9.06. The van der Waals surface area contributed by atoms with Gasteiger partial charge in [-0.15, -0.1) is 0 Å². The highest BCUT2D eigenvalue weighted by molar-refractivity contribution is 5.74. The van der Waals surface area contributed by atoms with Crippen molar-refractivity contribution in [2.45, 2.75) is 84.8 Å². The molecule has 0 N–H and O–H groups in total. The number of hydrogen-bond donors (Lipinski definition) is 0. The fourth-order valence-electron chi connectivity index (χ4n) is 6.22. The molecule has 4 heterocycles. The highest BCUT2D eigenvalue weighted by atomic mass is 15.3. The molecule has 4 nitrogen and oxygen atoms in total. The second-order valence-corrected chi connectivity index (χ2v) is 12.5. The maximum Gasteiger partial charge on any atom is 0.173 e. The topological polar surface area (TPSA) is 20.6 Å². The first-order valence-corrected chi connectivity index (χ1v) is 16.9. The summed E-state index contributed by atoms with van der Waals surface area (Å²) in [5.41, 5.74) is 7.83. The number of aromatic nitrogens is 3. The Morgan fingerprint density at radius 3 is 1.86 bits per heavy atom. The van der Waals surface area contributed by atoms with E-state index in [-0.39, 0.29) is 0 Å². The Morgan fingerprint density at radius 1 is 0.636 bits per heavy atom. The Hall–Kier alpha value is -3.89. The van der Waals surface area contributed by atoms with Crippen LogP contribution in [0.5, 0.6) is 0 Å². The smallest absolute Gasteiger partial charge is 0.173 e. The van der Waals surface area contributed by atoms with Crippen LogP contribution in [0.1, 0.15) is 81.9 Å². The summed E-state index contributed by atoms with van der Waals surface area (Å²) in [6.07, 6.45) is 30.2. The average Bonchev–Trinajstić information content (AvgIpc) is 3.08. The Bertz CT molecular complexity index is 1470. The lowest BCUT2D eigenvalue weighted by molar-refractivity contribution is -0.888. The van der Waals surface area contributed by atoms with Crippen LogP contribution in [-0.4, -0.2) is 22.6 Å². The first-order valence-electron chi connectivity index (χ1n) is 16.9. The summed E-state index contributed by atoms with van der Waals surface area (Å²) in [5, 5.41) is 0. The minimum absolute atomic E-state index is 0.877. The van der Waals surface area contributed by atoms with Crippen molar-refractivity contribution >= 4 is 5.57 Å². The molecule has 0 bridgehead atoms. The Labute approximate surface area is 265 Å². The van der Waals surface area contributed by atoms with Gasteiger partial charge < -0.3 is 0 Å². The van der Waals surface area contributed by atoms with Crippen molar-refractivity contribution in [3.05, 3.63) is 133 Å². The van der Waals surface area contributed by atoms with Crippen LogP contribution in [-0.2, 0) is 19.6 Å². The van der Waals surface area contributed by atoms with E-state index in [2.05, 4.69) is 132 Å². The van der Waals surface area contributed by atoms with Gasteiger partial charge in [0.25, 0.3) is 0 Å². The zero-order chi connectivity index (χ0) is 30.5. The highest BCUT2D eigenvalue weighted by Crippen LogP contribution is 2.27. The van der Waals surface area contributed by atoms with E-state index < -0.39 is 0 Å². The maximum absolute atomic E-state index is 4.19. The summed E-state index contributed by atoms with van der Waals surface area (Å²) in [7, 11) is 0. The van der Waals surface area contributed by atoms with Gasteiger partial charge in [0, 0.05) is 54.2 Å². The normalized spacial score (nSPS) is 16.2. The molecular formula is C40H51N4+3. The maximum atomic E-state index is 4.19. The van der Waals surface area contributed by atoms with Crippen LogP contribution in [0.15, 0.2) is 116 Å². The fourth-order valence-corrected chi connectivity index (χ4v) is 6.22. The third-order valence-electron chi connectivity index (χ3n) is 8.99. The number of nitrogens with zero attached hydrogens (tertiary/aromatic N) is 4. The number of allylic oxidation sites excluding steroid dienone is 2. The molecule has 0 saturated heterocycles. The van der Waals surface area contributed by atoms with Crippen LogP contribution in [0, 0.1) is 0 Å².